The monoisotopic (exact) mass is 249 g/mol. The Bertz CT molecular complexity index is 392. The summed E-state index contributed by atoms with van der Waals surface area (Å²) in [4.78, 5) is 0. The lowest BCUT2D eigenvalue weighted by molar-refractivity contribution is 0.159. The average Bonchev–Trinajstić information content (AvgIpc) is 2.85. The Morgan fingerprint density at radius 2 is 2.28 bits per heavy atom. The van der Waals surface area contributed by atoms with Gasteiger partial charge in [0.05, 0.1) is 13.2 Å². The van der Waals surface area contributed by atoms with Gasteiger partial charge in [-0.05, 0) is 30.5 Å². The van der Waals surface area contributed by atoms with Crippen LogP contribution in [0.15, 0.2) is 18.2 Å². The van der Waals surface area contributed by atoms with Gasteiger partial charge in [0.1, 0.15) is 5.75 Å². The minimum absolute atomic E-state index is 0.344. The summed E-state index contributed by atoms with van der Waals surface area (Å²) in [7, 11) is 1.75. The van der Waals surface area contributed by atoms with Gasteiger partial charge in [-0.25, -0.2) is 0 Å². The molecule has 0 bridgehead atoms. The number of rotatable bonds is 6. The summed E-state index contributed by atoms with van der Waals surface area (Å²) in [5, 5.41) is 3.61. The predicted molar refractivity (Wildman–Crippen MR) is 73.1 cm³/mol. The number of fused-ring (bicyclic) bond motifs is 1. The third kappa shape index (κ3) is 3.03. The van der Waals surface area contributed by atoms with E-state index in [1.54, 1.807) is 7.11 Å². The summed E-state index contributed by atoms with van der Waals surface area (Å²) in [5.41, 5.74) is 2.66. The van der Waals surface area contributed by atoms with E-state index >= 15 is 0 Å². The molecule has 1 aliphatic heterocycles. The topological polar surface area (TPSA) is 30.5 Å². The molecular formula is C15H23NO2. The number of hydrogen-bond donors (Lipinski definition) is 1. The summed E-state index contributed by atoms with van der Waals surface area (Å²) >= 11 is 0. The fraction of sp³-hybridized carbons (Fsp3) is 0.600. The van der Waals surface area contributed by atoms with Gasteiger partial charge in [0.25, 0.3) is 0 Å². The first-order valence-electron chi connectivity index (χ1n) is 6.75. The second kappa shape index (κ2) is 6.21. The zero-order chi connectivity index (χ0) is 13.0. The Balaban J connectivity index is 2.02. The Morgan fingerprint density at radius 3 is 3.00 bits per heavy atom. The molecule has 0 spiro atoms. The molecule has 18 heavy (non-hydrogen) atoms. The number of nitrogens with one attached hydrogen (secondary N) is 1. The molecule has 1 aromatic rings. The SMILES string of the molecule is CCC(COC)NC(C)c1ccc2c(c1)CCO2. The predicted octanol–water partition coefficient (Wildman–Crippen LogP) is 2.70. The fourth-order valence-electron chi connectivity index (χ4n) is 2.41. The molecule has 100 valence electrons. The molecular weight excluding hydrogens is 226 g/mol. The summed E-state index contributed by atoms with van der Waals surface area (Å²) in [6, 6.07) is 7.26. The maximum atomic E-state index is 5.53. The molecule has 2 unspecified atom stereocenters. The van der Waals surface area contributed by atoms with Crippen LogP contribution < -0.4 is 10.1 Å². The van der Waals surface area contributed by atoms with E-state index in [2.05, 4.69) is 37.4 Å². The van der Waals surface area contributed by atoms with Crippen LogP contribution in [0.2, 0.25) is 0 Å². The Labute approximate surface area is 109 Å². The first-order chi connectivity index (χ1) is 8.74. The molecule has 1 heterocycles. The van der Waals surface area contributed by atoms with Crippen molar-refractivity contribution in [2.75, 3.05) is 20.3 Å². The van der Waals surface area contributed by atoms with Crippen molar-refractivity contribution in [3.8, 4) is 5.75 Å². The largest absolute Gasteiger partial charge is 0.493 e. The second-order valence-electron chi connectivity index (χ2n) is 4.91. The van der Waals surface area contributed by atoms with E-state index in [9.17, 15) is 0 Å². The number of methoxy groups -OCH3 is 1. The van der Waals surface area contributed by atoms with Crippen molar-refractivity contribution in [3.05, 3.63) is 29.3 Å². The van der Waals surface area contributed by atoms with Gasteiger partial charge in [0, 0.05) is 25.6 Å². The molecule has 0 aromatic heterocycles. The van der Waals surface area contributed by atoms with E-state index in [1.165, 1.54) is 11.1 Å². The van der Waals surface area contributed by atoms with E-state index in [0.29, 0.717) is 12.1 Å². The summed E-state index contributed by atoms with van der Waals surface area (Å²) in [6.07, 6.45) is 2.11. The van der Waals surface area contributed by atoms with E-state index in [0.717, 1.165) is 31.8 Å². The fourth-order valence-corrected chi connectivity index (χ4v) is 2.41. The van der Waals surface area contributed by atoms with Crippen molar-refractivity contribution < 1.29 is 9.47 Å². The van der Waals surface area contributed by atoms with Crippen molar-refractivity contribution in [2.24, 2.45) is 0 Å². The van der Waals surface area contributed by atoms with Crippen LogP contribution in [0.1, 0.15) is 37.4 Å². The zero-order valence-corrected chi connectivity index (χ0v) is 11.5. The molecule has 1 aliphatic rings. The molecule has 2 rings (SSSR count). The Hall–Kier alpha value is -1.06. The maximum Gasteiger partial charge on any atom is 0.122 e. The zero-order valence-electron chi connectivity index (χ0n) is 11.5. The van der Waals surface area contributed by atoms with E-state index in [4.69, 9.17) is 9.47 Å². The van der Waals surface area contributed by atoms with Crippen LogP contribution in [0.25, 0.3) is 0 Å². The van der Waals surface area contributed by atoms with Crippen LogP contribution in [-0.4, -0.2) is 26.4 Å². The van der Waals surface area contributed by atoms with E-state index < -0.39 is 0 Å². The smallest absolute Gasteiger partial charge is 0.122 e. The standard InChI is InChI=1S/C15H23NO2/c1-4-14(10-17-3)16-11(2)12-5-6-15-13(9-12)7-8-18-15/h5-6,9,11,14,16H,4,7-8,10H2,1-3H3. The first-order valence-corrected chi connectivity index (χ1v) is 6.75. The van der Waals surface area contributed by atoms with Gasteiger partial charge < -0.3 is 14.8 Å². The molecule has 0 amide bonds. The quantitative estimate of drug-likeness (QED) is 0.841. The number of ether oxygens (including phenoxy) is 2. The molecule has 3 heteroatoms. The third-order valence-corrected chi connectivity index (χ3v) is 3.56. The van der Waals surface area contributed by atoms with Gasteiger partial charge in [-0.15, -0.1) is 0 Å². The Kier molecular flexibility index (Phi) is 4.61. The first kappa shape index (κ1) is 13.4. The normalized spacial score (nSPS) is 17.1. The highest BCUT2D eigenvalue weighted by Gasteiger charge is 2.16. The van der Waals surface area contributed by atoms with Crippen molar-refractivity contribution in [2.45, 2.75) is 38.8 Å². The average molecular weight is 249 g/mol. The maximum absolute atomic E-state index is 5.53. The van der Waals surface area contributed by atoms with Gasteiger partial charge in [0.15, 0.2) is 0 Å². The third-order valence-electron chi connectivity index (χ3n) is 3.56. The van der Waals surface area contributed by atoms with Crippen LogP contribution in [-0.2, 0) is 11.2 Å². The van der Waals surface area contributed by atoms with Gasteiger partial charge in [-0.2, -0.15) is 0 Å². The van der Waals surface area contributed by atoms with Gasteiger partial charge in [-0.3, -0.25) is 0 Å². The van der Waals surface area contributed by atoms with Gasteiger partial charge in [0.2, 0.25) is 0 Å². The lowest BCUT2D eigenvalue weighted by atomic mass is 10.0. The minimum Gasteiger partial charge on any atom is -0.493 e. The minimum atomic E-state index is 0.344. The lowest BCUT2D eigenvalue weighted by Gasteiger charge is -2.22. The van der Waals surface area contributed by atoms with Crippen LogP contribution in [0.5, 0.6) is 5.75 Å². The van der Waals surface area contributed by atoms with E-state index in [1.807, 2.05) is 0 Å². The Morgan fingerprint density at radius 1 is 1.44 bits per heavy atom. The van der Waals surface area contributed by atoms with Gasteiger partial charge >= 0.3 is 0 Å². The number of benzene rings is 1. The molecule has 1 N–H and O–H groups in total. The summed E-state index contributed by atoms with van der Waals surface area (Å²) in [6.45, 7) is 5.96. The van der Waals surface area contributed by atoms with Crippen molar-refractivity contribution in [1.29, 1.82) is 0 Å². The summed E-state index contributed by atoms with van der Waals surface area (Å²) < 4.78 is 10.8. The van der Waals surface area contributed by atoms with Crippen LogP contribution in [0.3, 0.4) is 0 Å². The highest BCUT2D eigenvalue weighted by atomic mass is 16.5. The lowest BCUT2D eigenvalue weighted by Crippen LogP contribution is -2.34. The molecule has 0 aliphatic carbocycles. The van der Waals surface area contributed by atoms with Crippen LogP contribution in [0.4, 0.5) is 0 Å². The van der Waals surface area contributed by atoms with E-state index in [-0.39, 0.29) is 0 Å². The molecule has 0 fully saturated rings. The second-order valence-corrected chi connectivity index (χ2v) is 4.91. The van der Waals surface area contributed by atoms with Crippen LogP contribution >= 0.6 is 0 Å². The number of hydrogen-bond acceptors (Lipinski definition) is 3. The van der Waals surface area contributed by atoms with Crippen molar-refractivity contribution in [3.63, 3.8) is 0 Å². The van der Waals surface area contributed by atoms with Crippen molar-refractivity contribution >= 4 is 0 Å². The van der Waals surface area contributed by atoms with Crippen molar-refractivity contribution in [1.82, 2.24) is 5.32 Å². The molecule has 0 saturated carbocycles. The molecule has 1 aromatic carbocycles. The van der Waals surface area contributed by atoms with Crippen LogP contribution in [0, 0.1) is 0 Å². The summed E-state index contributed by atoms with van der Waals surface area (Å²) in [5.74, 6) is 1.05. The molecule has 0 radical (unpaired) electrons. The molecule has 2 atom stereocenters. The molecule has 0 saturated heterocycles. The molecule has 3 nitrogen and oxygen atoms in total. The van der Waals surface area contributed by atoms with Gasteiger partial charge in [-0.1, -0.05) is 19.1 Å². The highest BCUT2D eigenvalue weighted by molar-refractivity contribution is 5.40. The highest BCUT2D eigenvalue weighted by Crippen LogP contribution is 2.28.